The number of ether oxygens (including phenoxy) is 1. The molecule has 0 fully saturated rings. The summed E-state index contributed by atoms with van der Waals surface area (Å²) in [5.74, 6) is -0.339. The molecule has 26 heavy (non-hydrogen) atoms. The van der Waals surface area contributed by atoms with Crippen LogP contribution in [0.5, 0.6) is 0 Å². The fraction of sp³-hybridized carbons (Fsp3) is 0.333. The van der Waals surface area contributed by atoms with E-state index < -0.39 is 12.1 Å². The zero-order valence-electron chi connectivity index (χ0n) is 15.7. The Balaban J connectivity index is 1.96. The van der Waals surface area contributed by atoms with Gasteiger partial charge in [0.05, 0.1) is 0 Å². The van der Waals surface area contributed by atoms with Gasteiger partial charge in [-0.15, -0.1) is 0 Å². The molecule has 0 spiro atoms. The molecule has 5 heteroatoms. The molecular formula is C21H26N2O3. The first kappa shape index (κ1) is 19.5. The molecule has 0 bridgehead atoms. The molecule has 0 unspecified atom stereocenters. The molecule has 0 aliphatic heterocycles. The normalized spacial score (nSPS) is 11.7. The minimum absolute atomic E-state index is 0.0787. The predicted octanol–water partition coefficient (Wildman–Crippen LogP) is 4.19. The second-order valence-corrected chi connectivity index (χ2v) is 6.74. The molecule has 0 heterocycles. The Bertz CT molecular complexity index is 757. The van der Waals surface area contributed by atoms with Crippen LogP contribution in [-0.4, -0.2) is 18.0 Å². The predicted molar refractivity (Wildman–Crippen MR) is 103 cm³/mol. The molecule has 0 saturated heterocycles. The van der Waals surface area contributed by atoms with Crippen molar-refractivity contribution in [3.8, 4) is 0 Å². The first-order chi connectivity index (χ1) is 12.4. The first-order valence-corrected chi connectivity index (χ1v) is 8.72. The molecule has 0 radical (unpaired) electrons. The maximum Gasteiger partial charge on any atom is 0.408 e. The topological polar surface area (TPSA) is 67.4 Å². The van der Waals surface area contributed by atoms with E-state index in [4.69, 9.17) is 4.74 Å². The highest BCUT2D eigenvalue weighted by Gasteiger charge is 2.25. The number of carbonyl (C=O) groups is 2. The zero-order chi connectivity index (χ0) is 19.1. The number of rotatable bonds is 6. The van der Waals surface area contributed by atoms with E-state index in [1.807, 2.05) is 76.2 Å². The van der Waals surface area contributed by atoms with Crippen molar-refractivity contribution in [3.63, 3.8) is 0 Å². The molecule has 0 aromatic heterocycles. The van der Waals surface area contributed by atoms with E-state index in [2.05, 4.69) is 10.6 Å². The highest BCUT2D eigenvalue weighted by Crippen LogP contribution is 2.17. The van der Waals surface area contributed by atoms with Crippen molar-refractivity contribution < 1.29 is 14.3 Å². The molecule has 1 atom stereocenters. The Morgan fingerprint density at radius 1 is 1.04 bits per heavy atom. The Morgan fingerprint density at radius 2 is 1.73 bits per heavy atom. The van der Waals surface area contributed by atoms with Crippen LogP contribution >= 0.6 is 0 Å². The highest BCUT2D eigenvalue weighted by molar-refractivity contribution is 5.97. The van der Waals surface area contributed by atoms with Crippen molar-refractivity contribution in [2.45, 2.75) is 40.3 Å². The van der Waals surface area contributed by atoms with E-state index in [1.54, 1.807) is 0 Å². The van der Waals surface area contributed by atoms with Crippen molar-refractivity contribution in [2.75, 3.05) is 5.32 Å². The third-order valence-corrected chi connectivity index (χ3v) is 4.08. The van der Waals surface area contributed by atoms with E-state index in [9.17, 15) is 9.59 Å². The summed E-state index contributed by atoms with van der Waals surface area (Å²) in [6.07, 6.45) is -0.608. The van der Waals surface area contributed by atoms with Crippen LogP contribution in [0.1, 0.15) is 30.5 Å². The largest absolute Gasteiger partial charge is 0.445 e. The fourth-order valence-electron chi connectivity index (χ4n) is 2.59. The van der Waals surface area contributed by atoms with E-state index >= 15 is 0 Å². The number of amides is 2. The summed E-state index contributed by atoms with van der Waals surface area (Å²) < 4.78 is 5.22. The van der Waals surface area contributed by atoms with Crippen molar-refractivity contribution >= 4 is 17.7 Å². The maximum atomic E-state index is 12.6. The third kappa shape index (κ3) is 5.62. The SMILES string of the molecule is Cc1ccc(NC(=O)[C@@H](NC(=O)OCc2ccccc2)C(C)C)c(C)c1. The zero-order valence-corrected chi connectivity index (χ0v) is 15.7. The maximum absolute atomic E-state index is 12.6. The van der Waals surface area contributed by atoms with Gasteiger partial charge in [-0.05, 0) is 37.0 Å². The van der Waals surface area contributed by atoms with Gasteiger partial charge in [0.1, 0.15) is 12.6 Å². The fourth-order valence-corrected chi connectivity index (χ4v) is 2.59. The number of hydrogen-bond acceptors (Lipinski definition) is 3. The minimum atomic E-state index is -0.682. The number of hydrogen-bond donors (Lipinski definition) is 2. The Kier molecular flexibility index (Phi) is 6.78. The van der Waals surface area contributed by atoms with Crippen molar-refractivity contribution in [1.29, 1.82) is 0 Å². The van der Waals surface area contributed by atoms with Crippen molar-refractivity contribution in [1.82, 2.24) is 5.32 Å². The summed E-state index contributed by atoms with van der Waals surface area (Å²) in [5, 5.41) is 5.55. The Hall–Kier alpha value is -2.82. The smallest absolute Gasteiger partial charge is 0.408 e. The molecule has 0 aliphatic rings. The second-order valence-electron chi connectivity index (χ2n) is 6.74. The number of benzene rings is 2. The molecule has 138 valence electrons. The molecular weight excluding hydrogens is 328 g/mol. The lowest BCUT2D eigenvalue weighted by Crippen LogP contribution is -2.47. The summed E-state index contributed by atoms with van der Waals surface area (Å²) in [5.41, 5.74) is 3.74. The van der Waals surface area contributed by atoms with Crippen LogP contribution < -0.4 is 10.6 Å². The number of aryl methyl sites for hydroxylation is 2. The first-order valence-electron chi connectivity index (χ1n) is 8.72. The lowest BCUT2D eigenvalue weighted by molar-refractivity contribution is -0.119. The summed E-state index contributed by atoms with van der Waals surface area (Å²) in [6, 6.07) is 14.5. The molecule has 2 N–H and O–H groups in total. The average molecular weight is 354 g/mol. The van der Waals surface area contributed by atoms with E-state index in [0.717, 1.165) is 22.4 Å². The number of alkyl carbamates (subject to hydrolysis) is 1. The van der Waals surface area contributed by atoms with Gasteiger partial charge in [0.15, 0.2) is 0 Å². The Morgan fingerprint density at radius 3 is 2.35 bits per heavy atom. The highest BCUT2D eigenvalue weighted by atomic mass is 16.5. The standard InChI is InChI=1S/C21H26N2O3/c1-14(2)19(20(24)22-18-11-10-15(3)12-16(18)4)23-21(25)26-13-17-8-6-5-7-9-17/h5-12,14,19H,13H2,1-4H3,(H,22,24)(H,23,25)/t19-/m0/s1. The van der Waals surface area contributed by atoms with E-state index in [-0.39, 0.29) is 18.4 Å². The van der Waals surface area contributed by atoms with E-state index in [0.29, 0.717) is 0 Å². The lowest BCUT2D eigenvalue weighted by atomic mass is 10.0. The van der Waals surface area contributed by atoms with Crippen LogP contribution in [-0.2, 0) is 16.1 Å². The van der Waals surface area contributed by atoms with Gasteiger partial charge in [0.2, 0.25) is 5.91 Å². The molecule has 2 aromatic rings. The van der Waals surface area contributed by atoms with E-state index in [1.165, 1.54) is 0 Å². The van der Waals surface area contributed by atoms with Crippen molar-refractivity contribution in [3.05, 3.63) is 65.2 Å². The molecule has 5 nitrogen and oxygen atoms in total. The average Bonchev–Trinajstić information content (AvgIpc) is 2.60. The van der Waals surface area contributed by atoms with Gasteiger partial charge in [-0.1, -0.05) is 61.9 Å². The molecule has 2 rings (SSSR count). The summed E-state index contributed by atoms with van der Waals surface area (Å²) in [7, 11) is 0. The molecule has 0 saturated carbocycles. The number of nitrogens with one attached hydrogen (secondary N) is 2. The molecule has 2 amide bonds. The summed E-state index contributed by atoms with van der Waals surface area (Å²) in [6.45, 7) is 7.86. The van der Waals surface area contributed by atoms with Gasteiger partial charge in [0, 0.05) is 5.69 Å². The van der Waals surface area contributed by atoms with Crippen molar-refractivity contribution in [2.24, 2.45) is 5.92 Å². The van der Waals surface area contributed by atoms with Gasteiger partial charge in [-0.2, -0.15) is 0 Å². The Labute approximate surface area is 154 Å². The van der Waals surface area contributed by atoms with Crippen LogP contribution in [0.3, 0.4) is 0 Å². The summed E-state index contributed by atoms with van der Waals surface area (Å²) >= 11 is 0. The quantitative estimate of drug-likeness (QED) is 0.817. The second kappa shape index (κ2) is 9.04. The third-order valence-electron chi connectivity index (χ3n) is 4.08. The van der Waals surface area contributed by atoms with Gasteiger partial charge < -0.3 is 15.4 Å². The molecule has 0 aliphatic carbocycles. The van der Waals surface area contributed by atoms with Gasteiger partial charge in [0.25, 0.3) is 0 Å². The monoisotopic (exact) mass is 354 g/mol. The van der Waals surface area contributed by atoms with Gasteiger partial charge in [-0.3, -0.25) is 4.79 Å². The minimum Gasteiger partial charge on any atom is -0.445 e. The van der Waals surface area contributed by atoms with Crippen LogP contribution in [0.25, 0.3) is 0 Å². The van der Waals surface area contributed by atoms with Crippen LogP contribution in [0.15, 0.2) is 48.5 Å². The molecule has 2 aromatic carbocycles. The van der Waals surface area contributed by atoms with Gasteiger partial charge >= 0.3 is 6.09 Å². The lowest BCUT2D eigenvalue weighted by Gasteiger charge is -2.22. The summed E-state index contributed by atoms with van der Waals surface area (Å²) in [4.78, 5) is 24.7. The van der Waals surface area contributed by atoms with Crippen LogP contribution in [0.4, 0.5) is 10.5 Å². The number of anilines is 1. The van der Waals surface area contributed by atoms with Crippen LogP contribution in [0.2, 0.25) is 0 Å². The van der Waals surface area contributed by atoms with Gasteiger partial charge in [-0.25, -0.2) is 4.79 Å². The van der Waals surface area contributed by atoms with Crippen LogP contribution in [0, 0.1) is 19.8 Å². The number of carbonyl (C=O) groups excluding carboxylic acids is 2.